The van der Waals surface area contributed by atoms with Crippen molar-refractivity contribution in [3.63, 3.8) is 0 Å². The van der Waals surface area contributed by atoms with E-state index in [0.29, 0.717) is 0 Å². The van der Waals surface area contributed by atoms with Crippen LogP contribution in [0, 0.1) is 11.7 Å². The van der Waals surface area contributed by atoms with Gasteiger partial charge in [0.1, 0.15) is 17.2 Å². The van der Waals surface area contributed by atoms with Gasteiger partial charge in [0.2, 0.25) is 0 Å². The molecule has 1 aliphatic carbocycles. The van der Waals surface area contributed by atoms with E-state index in [2.05, 4.69) is 18.9 Å². The molecular formula is C22H33FN4O2S. The number of hydrogen-bond acceptors (Lipinski definition) is 6. The standard InChI is InChI=1S/C17H22FN3S.C5H11NO2/c18-14-4-5-15-16(12-14)22-19-17(15)21-10-8-20(9-11-21)7-6-13-2-1-3-13;1-5(2,3)8-4(6)7/h4-5,12-13H,1-3,6-11H2;1-3H3,(H2,6,7). The summed E-state index contributed by atoms with van der Waals surface area (Å²) in [5.74, 6) is 1.86. The van der Waals surface area contributed by atoms with Crippen LogP contribution in [-0.4, -0.2) is 53.7 Å². The Labute approximate surface area is 182 Å². The summed E-state index contributed by atoms with van der Waals surface area (Å²) in [4.78, 5) is 15.0. The van der Waals surface area contributed by atoms with Crippen LogP contribution >= 0.6 is 11.5 Å². The number of rotatable bonds is 4. The quantitative estimate of drug-likeness (QED) is 0.757. The molecule has 0 atom stereocenters. The highest BCUT2D eigenvalue weighted by Crippen LogP contribution is 2.31. The molecule has 1 aliphatic heterocycles. The Balaban J connectivity index is 0.000000275. The van der Waals surface area contributed by atoms with Crippen LogP contribution in [0.4, 0.5) is 15.0 Å². The molecular weight excluding hydrogens is 403 g/mol. The molecule has 2 heterocycles. The van der Waals surface area contributed by atoms with E-state index in [-0.39, 0.29) is 5.82 Å². The molecule has 2 fully saturated rings. The van der Waals surface area contributed by atoms with E-state index in [0.717, 1.165) is 48.0 Å². The molecule has 0 spiro atoms. The van der Waals surface area contributed by atoms with Crippen LogP contribution in [-0.2, 0) is 4.74 Å². The topological polar surface area (TPSA) is 71.7 Å². The van der Waals surface area contributed by atoms with Gasteiger partial charge in [-0.25, -0.2) is 9.18 Å². The summed E-state index contributed by atoms with van der Waals surface area (Å²) in [6, 6.07) is 4.99. The molecule has 166 valence electrons. The van der Waals surface area contributed by atoms with Crippen LogP contribution in [0.5, 0.6) is 0 Å². The number of nitrogens with zero attached hydrogens (tertiary/aromatic N) is 3. The number of benzene rings is 1. The normalized spacial score (nSPS) is 17.9. The molecule has 1 aromatic heterocycles. The SMILES string of the molecule is CC(C)(C)OC(N)=O.Fc1ccc2c(N3CCN(CCC4CCC4)CC3)nsc2c1. The first-order valence-corrected chi connectivity index (χ1v) is 11.5. The van der Waals surface area contributed by atoms with E-state index in [1.54, 1.807) is 26.8 Å². The number of nitrogens with two attached hydrogens (primary N) is 1. The molecule has 30 heavy (non-hydrogen) atoms. The first-order chi connectivity index (χ1) is 14.2. The maximum atomic E-state index is 13.3. The number of carbonyl (C=O) groups excluding carboxylic acids is 1. The molecule has 0 unspecified atom stereocenters. The first kappa shape index (κ1) is 22.7. The highest BCUT2D eigenvalue weighted by atomic mass is 32.1. The van der Waals surface area contributed by atoms with Gasteiger partial charge in [0.05, 0.1) is 4.70 Å². The number of primary amides is 1. The van der Waals surface area contributed by atoms with Crippen molar-refractivity contribution in [3.8, 4) is 0 Å². The van der Waals surface area contributed by atoms with Gasteiger partial charge in [-0.2, -0.15) is 4.37 Å². The number of ether oxygens (including phenoxy) is 1. The van der Waals surface area contributed by atoms with E-state index >= 15 is 0 Å². The maximum absolute atomic E-state index is 13.3. The van der Waals surface area contributed by atoms with E-state index in [1.807, 2.05) is 6.07 Å². The van der Waals surface area contributed by atoms with Gasteiger partial charge in [-0.05, 0) is 69.4 Å². The molecule has 8 heteroatoms. The molecule has 1 amide bonds. The summed E-state index contributed by atoms with van der Waals surface area (Å²) in [5.41, 5.74) is 4.26. The highest BCUT2D eigenvalue weighted by Gasteiger charge is 2.23. The number of piperazine rings is 1. The average molecular weight is 437 g/mol. The lowest BCUT2D eigenvalue weighted by Crippen LogP contribution is -2.47. The van der Waals surface area contributed by atoms with Crippen LogP contribution in [0.1, 0.15) is 46.5 Å². The summed E-state index contributed by atoms with van der Waals surface area (Å²) in [6.07, 6.45) is 4.98. The molecule has 2 N–H and O–H groups in total. The lowest BCUT2D eigenvalue weighted by atomic mass is 9.83. The molecule has 1 saturated carbocycles. The monoisotopic (exact) mass is 436 g/mol. The predicted octanol–water partition coefficient (Wildman–Crippen LogP) is 4.63. The second-order valence-corrected chi connectivity index (χ2v) is 9.90. The minimum absolute atomic E-state index is 0.177. The van der Waals surface area contributed by atoms with E-state index < -0.39 is 11.7 Å². The van der Waals surface area contributed by atoms with Gasteiger partial charge in [0.25, 0.3) is 0 Å². The van der Waals surface area contributed by atoms with Crippen molar-refractivity contribution in [2.75, 3.05) is 37.6 Å². The second-order valence-electron chi connectivity index (χ2n) is 9.09. The van der Waals surface area contributed by atoms with Crippen LogP contribution in [0.2, 0.25) is 0 Å². The van der Waals surface area contributed by atoms with E-state index in [1.165, 1.54) is 49.8 Å². The summed E-state index contributed by atoms with van der Waals surface area (Å²) < 4.78 is 23.4. The summed E-state index contributed by atoms with van der Waals surface area (Å²) >= 11 is 1.40. The molecule has 4 rings (SSSR count). The zero-order valence-corrected chi connectivity index (χ0v) is 19.0. The Morgan fingerprint density at radius 2 is 1.97 bits per heavy atom. The Morgan fingerprint density at radius 3 is 2.50 bits per heavy atom. The Bertz CT molecular complexity index is 839. The van der Waals surface area contributed by atoms with Crippen molar-refractivity contribution in [2.45, 2.75) is 52.1 Å². The first-order valence-electron chi connectivity index (χ1n) is 10.7. The van der Waals surface area contributed by atoms with Gasteiger partial charge in [-0.1, -0.05) is 19.3 Å². The van der Waals surface area contributed by atoms with Gasteiger partial charge >= 0.3 is 6.09 Å². The largest absolute Gasteiger partial charge is 0.444 e. The summed E-state index contributed by atoms with van der Waals surface area (Å²) in [7, 11) is 0. The molecule has 1 saturated heterocycles. The zero-order chi connectivity index (χ0) is 21.7. The van der Waals surface area contributed by atoms with Crippen LogP contribution < -0.4 is 10.6 Å². The van der Waals surface area contributed by atoms with Gasteiger partial charge in [-0.15, -0.1) is 0 Å². The van der Waals surface area contributed by atoms with Crippen molar-refractivity contribution in [1.29, 1.82) is 0 Å². The molecule has 2 aromatic rings. The van der Waals surface area contributed by atoms with Crippen LogP contribution in [0.25, 0.3) is 10.1 Å². The number of carbonyl (C=O) groups is 1. The molecule has 0 bridgehead atoms. The van der Waals surface area contributed by atoms with E-state index in [9.17, 15) is 9.18 Å². The molecule has 2 aliphatic rings. The summed E-state index contributed by atoms with van der Waals surface area (Å²) in [6.45, 7) is 10.8. The van der Waals surface area contributed by atoms with Crippen molar-refractivity contribution < 1.29 is 13.9 Å². The van der Waals surface area contributed by atoms with Gasteiger partial charge in [-0.3, -0.25) is 4.90 Å². The van der Waals surface area contributed by atoms with Crippen LogP contribution in [0.15, 0.2) is 18.2 Å². The summed E-state index contributed by atoms with van der Waals surface area (Å²) in [5, 5.41) is 1.09. The lowest BCUT2D eigenvalue weighted by Gasteiger charge is -2.36. The number of aromatic nitrogens is 1. The number of anilines is 1. The van der Waals surface area contributed by atoms with Crippen molar-refractivity contribution >= 4 is 33.5 Å². The van der Waals surface area contributed by atoms with Crippen LogP contribution in [0.3, 0.4) is 0 Å². The third kappa shape index (κ3) is 6.54. The molecule has 0 radical (unpaired) electrons. The van der Waals surface area contributed by atoms with Gasteiger partial charge < -0.3 is 15.4 Å². The minimum Gasteiger partial charge on any atom is -0.444 e. The smallest absolute Gasteiger partial charge is 0.405 e. The van der Waals surface area contributed by atoms with Gasteiger partial charge in [0, 0.05) is 31.6 Å². The Hall–Kier alpha value is -1.93. The molecule has 6 nitrogen and oxygen atoms in total. The maximum Gasteiger partial charge on any atom is 0.405 e. The second kappa shape index (κ2) is 9.92. The van der Waals surface area contributed by atoms with E-state index in [4.69, 9.17) is 5.73 Å². The number of fused-ring (bicyclic) bond motifs is 1. The third-order valence-corrected chi connectivity index (χ3v) is 6.37. The zero-order valence-electron chi connectivity index (χ0n) is 18.2. The average Bonchev–Trinajstić information content (AvgIpc) is 3.02. The number of halogens is 1. The Morgan fingerprint density at radius 1 is 1.27 bits per heavy atom. The third-order valence-electron chi connectivity index (χ3n) is 5.57. The minimum atomic E-state index is -0.725. The fraction of sp³-hybridized carbons (Fsp3) is 0.636. The van der Waals surface area contributed by atoms with Crippen molar-refractivity contribution in [1.82, 2.24) is 9.27 Å². The lowest BCUT2D eigenvalue weighted by molar-refractivity contribution is 0.0600. The fourth-order valence-corrected chi connectivity index (χ4v) is 4.58. The molecule has 1 aromatic carbocycles. The van der Waals surface area contributed by atoms with Gasteiger partial charge in [0.15, 0.2) is 0 Å². The predicted molar refractivity (Wildman–Crippen MR) is 121 cm³/mol. The van der Waals surface area contributed by atoms with Crippen molar-refractivity contribution in [2.24, 2.45) is 11.7 Å². The number of hydrogen-bond donors (Lipinski definition) is 1. The van der Waals surface area contributed by atoms with Crippen molar-refractivity contribution in [3.05, 3.63) is 24.0 Å². The Kier molecular flexibility index (Phi) is 7.52. The number of amides is 1. The highest BCUT2D eigenvalue weighted by molar-refractivity contribution is 7.13. The fourth-order valence-electron chi connectivity index (χ4n) is 3.76.